The van der Waals surface area contributed by atoms with Crippen LogP contribution in [0.2, 0.25) is 0 Å². The van der Waals surface area contributed by atoms with Crippen LogP contribution in [0.4, 0.5) is 11.4 Å². The van der Waals surface area contributed by atoms with Crippen LogP contribution in [-0.2, 0) is 4.79 Å². The van der Waals surface area contributed by atoms with Crippen molar-refractivity contribution in [3.05, 3.63) is 90.3 Å². The van der Waals surface area contributed by atoms with Crippen LogP contribution in [-0.4, -0.2) is 40.5 Å². The molecule has 3 aromatic carbocycles. The molecule has 0 saturated heterocycles. The Morgan fingerprint density at radius 2 is 1.62 bits per heavy atom. The van der Waals surface area contributed by atoms with Gasteiger partial charge in [0.1, 0.15) is 11.5 Å². The molecule has 0 aliphatic heterocycles. The Morgan fingerprint density at radius 1 is 0.882 bits per heavy atom. The summed E-state index contributed by atoms with van der Waals surface area (Å²) < 4.78 is 12.4. The van der Waals surface area contributed by atoms with Gasteiger partial charge in [0.15, 0.2) is 12.3 Å². The highest BCUT2D eigenvalue weighted by Gasteiger charge is 2.18. The van der Waals surface area contributed by atoms with Gasteiger partial charge in [0.25, 0.3) is 11.8 Å². The Kier molecular flexibility index (Phi) is 6.83. The topological polar surface area (TPSA) is 107 Å². The lowest BCUT2D eigenvalue weighted by Crippen LogP contribution is -2.20. The van der Waals surface area contributed by atoms with Gasteiger partial charge in [0.05, 0.1) is 18.5 Å². The minimum Gasteiger partial charge on any atom is -0.497 e. The fourth-order valence-electron chi connectivity index (χ4n) is 3.25. The van der Waals surface area contributed by atoms with Crippen molar-refractivity contribution >= 4 is 23.2 Å². The Bertz CT molecular complexity index is 1300. The number of methoxy groups -OCH3 is 1. The van der Waals surface area contributed by atoms with Crippen LogP contribution in [0.5, 0.6) is 11.5 Å². The molecular formula is C25H23N5O4. The molecule has 2 amide bonds. The normalized spacial score (nSPS) is 10.4. The van der Waals surface area contributed by atoms with Crippen molar-refractivity contribution in [2.75, 3.05) is 24.4 Å². The number of hydrogen-bond acceptors (Lipinski definition) is 6. The second-order valence-corrected chi connectivity index (χ2v) is 7.32. The first-order chi connectivity index (χ1) is 16.5. The molecule has 0 bridgehead atoms. The van der Waals surface area contributed by atoms with E-state index < -0.39 is 5.91 Å². The first kappa shape index (κ1) is 22.5. The number of aromatic nitrogens is 3. The molecule has 4 aromatic rings. The third kappa shape index (κ3) is 5.39. The molecule has 0 aliphatic rings. The SMILES string of the molecule is COc1cccc(-n2nnc(C(=O)Nc3cccc(OCC(=O)Nc4ccccc4)c3)c2C)c1. The van der Waals surface area contributed by atoms with Crippen molar-refractivity contribution in [3.8, 4) is 17.2 Å². The predicted molar refractivity (Wildman–Crippen MR) is 128 cm³/mol. The zero-order valence-corrected chi connectivity index (χ0v) is 18.7. The van der Waals surface area contributed by atoms with Crippen LogP contribution in [0.25, 0.3) is 5.69 Å². The molecule has 1 aromatic heterocycles. The maximum Gasteiger partial charge on any atom is 0.278 e. The van der Waals surface area contributed by atoms with Gasteiger partial charge in [-0.3, -0.25) is 9.59 Å². The first-order valence-electron chi connectivity index (χ1n) is 10.5. The third-order valence-corrected chi connectivity index (χ3v) is 4.93. The van der Waals surface area contributed by atoms with Crippen LogP contribution in [0.3, 0.4) is 0 Å². The molecule has 172 valence electrons. The van der Waals surface area contributed by atoms with E-state index in [2.05, 4.69) is 20.9 Å². The Balaban J connectivity index is 1.39. The summed E-state index contributed by atoms with van der Waals surface area (Å²) in [7, 11) is 1.58. The summed E-state index contributed by atoms with van der Waals surface area (Å²) in [6, 6.07) is 23.2. The van der Waals surface area contributed by atoms with Crippen LogP contribution < -0.4 is 20.1 Å². The number of anilines is 2. The van der Waals surface area contributed by atoms with Gasteiger partial charge in [-0.2, -0.15) is 0 Å². The summed E-state index contributed by atoms with van der Waals surface area (Å²) in [5.74, 6) is 0.418. The summed E-state index contributed by atoms with van der Waals surface area (Å²) in [4.78, 5) is 24.9. The lowest BCUT2D eigenvalue weighted by Gasteiger charge is -2.10. The molecule has 9 heteroatoms. The molecular weight excluding hydrogens is 434 g/mol. The second kappa shape index (κ2) is 10.3. The van der Waals surface area contributed by atoms with E-state index in [-0.39, 0.29) is 18.2 Å². The molecule has 2 N–H and O–H groups in total. The van der Waals surface area contributed by atoms with Gasteiger partial charge in [0, 0.05) is 23.5 Å². The number of carbonyl (C=O) groups excluding carboxylic acids is 2. The van der Waals surface area contributed by atoms with Crippen LogP contribution in [0, 0.1) is 6.92 Å². The Morgan fingerprint density at radius 3 is 2.41 bits per heavy atom. The van der Waals surface area contributed by atoms with Crippen molar-refractivity contribution in [1.29, 1.82) is 0 Å². The fourth-order valence-corrected chi connectivity index (χ4v) is 3.25. The number of hydrogen-bond donors (Lipinski definition) is 2. The summed E-state index contributed by atoms with van der Waals surface area (Å²) >= 11 is 0. The van der Waals surface area contributed by atoms with Gasteiger partial charge in [-0.15, -0.1) is 5.10 Å². The molecule has 0 aliphatic carbocycles. The molecule has 0 unspecified atom stereocenters. The average molecular weight is 457 g/mol. The van der Waals surface area contributed by atoms with Crippen molar-refractivity contribution in [3.63, 3.8) is 0 Å². The number of nitrogens with zero attached hydrogens (tertiary/aromatic N) is 3. The number of nitrogens with one attached hydrogen (secondary N) is 2. The fraction of sp³-hybridized carbons (Fsp3) is 0.120. The summed E-state index contributed by atoms with van der Waals surface area (Å²) in [6.07, 6.45) is 0. The van der Waals surface area contributed by atoms with E-state index in [4.69, 9.17) is 9.47 Å². The molecule has 0 radical (unpaired) electrons. The van der Waals surface area contributed by atoms with E-state index in [1.54, 1.807) is 61.2 Å². The smallest absolute Gasteiger partial charge is 0.278 e. The maximum atomic E-state index is 12.8. The van der Waals surface area contributed by atoms with E-state index in [1.165, 1.54) is 0 Å². The molecule has 0 atom stereocenters. The Hall–Kier alpha value is -4.66. The zero-order valence-electron chi connectivity index (χ0n) is 18.7. The lowest BCUT2D eigenvalue weighted by molar-refractivity contribution is -0.118. The van der Waals surface area contributed by atoms with Crippen LogP contribution >= 0.6 is 0 Å². The quantitative estimate of drug-likeness (QED) is 0.416. The highest BCUT2D eigenvalue weighted by atomic mass is 16.5. The molecule has 9 nitrogen and oxygen atoms in total. The van der Waals surface area contributed by atoms with E-state index in [9.17, 15) is 9.59 Å². The number of amides is 2. The van der Waals surface area contributed by atoms with Crippen molar-refractivity contribution in [2.24, 2.45) is 0 Å². The third-order valence-electron chi connectivity index (χ3n) is 4.93. The van der Waals surface area contributed by atoms with Gasteiger partial charge in [-0.25, -0.2) is 4.68 Å². The minimum absolute atomic E-state index is 0.166. The van der Waals surface area contributed by atoms with Gasteiger partial charge in [0.2, 0.25) is 0 Å². The van der Waals surface area contributed by atoms with Crippen LogP contribution in [0.15, 0.2) is 78.9 Å². The summed E-state index contributed by atoms with van der Waals surface area (Å²) in [5.41, 5.74) is 2.69. The second-order valence-electron chi connectivity index (χ2n) is 7.32. The molecule has 4 rings (SSSR count). The monoisotopic (exact) mass is 457 g/mol. The summed E-state index contributed by atoms with van der Waals surface area (Å²) in [6.45, 7) is 1.60. The van der Waals surface area contributed by atoms with Crippen molar-refractivity contribution < 1.29 is 19.1 Å². The van der Waals surface area contributed by atoms with Crippen molar-refractivity contribution in [1.82, 2.24) is 15.0 Å². The molecule has 0 saturated carbocycles. The van der Waals surface area contributed by atoms with Gasteiger partial charge < -0.3 is 20.1 Å². The number of benzene rings is 3. The number of ether oxygens (including phenoxy) is 2. The number of rotatable bonds is 8. The van der Waals surface area contributed by atoms with E-state index >= 15 is 0 Å². The number of para-hydroxylation sites is 1. The highest BCUT2D eigenvalue weighted by molar-refractivity contribution is 6.03. The summed E-state index contributed by atoms with van der Waals surface area (Å²) in [5, 5.41) is 13.7. The maximum absolute atomic E-state index is 12.8. The zero-order chi connectivity index (χ0) is 23.9. The van der Waals surface area contributed by atoms with Gasteiger partial charge in [-0.05, 0) is 43.3 Å². The van der Waals surface area contributed by atoms with Gasteiger partial charge >= 0.3 is 0 Å². The average Bonchev–Trinajstić information content (AvgIpc) is 3.25. The van der Waals surface area contributed by atoms with E-state index in [0.29, 0.717) is 28.6 Å². The van der Waals surface area contributed by atoms with Crippen molar-refractivity contribution in [2.45, 2.75) is 6.92 Å². The highest BCUT2D eigenvalue weighted by Crippen LogP contribution is 2.21. The van der Waals surface area contributed by atoms with E-state index in [0.717, 1.165) is 5.69 Å². The number of carbonyl (C=O) groups is 2. The molecule has 0 fully saturated rings. The molecule has 0 spiro atoms. The largest absolute Gasteiger partial charge is 0.497 e. The van der Waals surface area contributed by atoms with Gasteiger partial charge in [-0.1, -0.05) is 35.5 Å². The predicted octanol–water partition coefficient (Wildman–Crippen LogP) is 3.85. The van der Waals surface area contributed by atoms with E-state index in [1.807, 2.05) is 36.4 Å². The standard InChI is InChI=1S/C25H23N5O4/c1-17-24(28-29-30(17)20-11-7-12-21(15-20)33-2)25(32)27-19-10-6-13-22(14-19)34-16-23(31)26-18-8-4-3-5-9-18/h3-15H,16H2,1-2H3,(H,26,31)(H,27,32). The first-order valence-corrected chi connectivity index (χ1v) is 10.5. The molecule has 1 heterocycles. The molecule has 34 heavy (non-hydrogen) atoms. The van der Waals surface area contributed by atoms with Crippen LogP contribution in [0.1, 0.15) is 16.2 Å². The lowest BCUT2D eigenvalue weighted by atomic mass is 10.2. The Labute approximate surface area is 196 Å². The minimum atomic E-state index is -0.411.